The van der Waals surface area contributed by atoms with E-state index in [1.807, 2.05) is 36.1 Å². The van der Waals surface area contributed by atoms with Gasteiger partial charge in [-0.15, -0.1) is 11.8 Å². The Morgan fingerprint density at radius 2 is 2.29 bits per heavy atom. The number of halogens is 2. The largest absolute Gasteiger partial charge is 0.308 e. The monoisotopic (exact) mass is 387 g/mol. The summed E-state index contributed by atoms with van der Waals surface area (Å²) in [5.74, 6) is 0.929. The Balaban J connectivity index is 2.10. The molecule has 3 nitrogen and oxygen atoms in total. The van der Waals surface area contributed by atoms with Crippen molar-refractivity contribution in [3.05, 3.63) is 45.7 Å². The summed E-state index contributed by atoms with van der Waals surface area (Å²) in [5.41, 5.74) is 1.18. The van der Waals surface area contributed by atoms with Gasteiger partial charge in [0.25, 0.3) is 0 Å². The Bertz CT molecular complexity index is 569. The second-order valence-electron chi connectivity index (χ2n) is 4.78. The summed E-state index contributed by atoms with van der Waals surface area (Å²) in [6.07, 6.45) is 2.95. The minimum absolute atomic E-state index is 0.246. The molecule has 0 spiro atoms. The molecule has 1 aromatic carbocycles. The minimum Gasteiger partial charge on any atom is -0.308 e. The van der Waals surface area contributed by atoms with Gasteiger partial charge in [0.2, 0.25) is 0 Å². The topological polar surface area (TPSA) is 29.9 Å². The van der Waals surface area contributed by atoms with E-state index in [9.17, 15) is 0 Å². The highest BCUT2D eigenvalue weighted by atomic mass is 79.9. The highest BCUT2D eigenvalue weighted by Crippen LogP contribution is 2.29. The number of aryl methyl sites for hydroxylation is 1. The van der Waals surface area contributed by atoms with E-state index in [1.54, 1.807) is 11.8 Å². The van der Waals surface area contributed by atoms with E-state index < -0.39 is 0 Å². The van der Waals surface area contributed by atoms with Gasteiger partial charge in [-0.05, 0) is 47.1 Å². The fourth-order valence-electron chi connectivity index (χ4n) is 2.10. The van der Waals surface area contributed by atoms with Crippen molar-refractivity contribution < 1.29 is 0 Å². The van der Waals surface area contributed by atoms with Gasteiger partial charge < -0.3 is 5.32 Å². The Morgan fingerprint density at radius 3 is 2.90 bits per heavy atom. The number of hydrogen-bond donors (Lipinski definition) is 1. The third kappa shape index (κ3) is 4.74. The molecule has 0 amide bonds. The fourth-order valence-corrected chi connectivity index (χ4v) is 4.00. The first-order chi connectivity index (χ1) is 10.1. The van der Waals surface area contributed by atoms with Crippen molar-refractivity contribution in [3.63, 3.8) is 0 Å². The van der Waals surface area contributed by atoms with E-state index in [4.69, 9.17) is 11.6 Å². The number of nitrogens with one attached hydrogen (secondary N) is 1. The van der Waals surface area contributed by atoms with Crippen molar-refractivity contribution >= 4 is 39.3 Å². The van der Waals surface area contributed by atoms with Crippen LogP contribution in [0.3, 0.4) is 0 Å². The van der Waals surface area contributed by atoms with Crippen LogP contribution in [0.4, 0.5) is 0 Å². The van der Waals surface area contributed by atoms with Gasteiger partial charge in [0.1, 0.15) is 0 Å². The summed E-state index contributed by atoms with van der Waals surface area (Å²) in [7, 11) is 1.98. The molecular weight excluding hydrogens is 370 g/mol. The SMILES string of the molecule is CCCNC(CSc1cccc(Cl)c1)c1c(Br)cnn1C. The molecule has 1 heterocycles. The summed E-state index contributed by atoms with van der Waals surface area (Å²) in [6, 6.07) is 8.22. The Kier molecular flexibility index (Phi) is 6.61. The van der Waals surface area contributed by atoms with Crippen molar-refractivity contribution in [2.45, 2.75) is 24.3 Å². The molecule has 2 aromatic rings. The van der Waals surface area contributed by atoms with Crippen LogP contribution in [-0.2, 0) is 7.05 Å². The Labute approximate surface area is 143 Å². The maximum absolute atomic E-state index is 6.04. The molecule has 1 unspecified atom stereocenters. The smallest absolute Gasteiger partial charge is 0.0700 e. The molecule has 1 N–H and O–H groups in total. The van der Waals surface area contributed by atoms with Crippen LogP contribution in [0.5, 0.6) is 0 Å². The number of hydrogen-bond acceptors (Lipinski definition) is 3. The molecule has 0 aliphatic rings. The zero-order valence-corrected chi connectivity index (χ0v) is 15.3. The van der Waals surface area contributed by atoms with Gasteiger partial charge in [0.15, 0.2) is 0 Å². The molecule has 6 heteroatoms. The molecule has 2 rings (SSSR count). The molecule has 0 radical (unpaired) electrons. The number of benzene rings is 1. The first kappa shape index (κ1) is 16.9. The summed E-state index contributed by atoms with van der Waals surface area (Å²) in [5, 5.41) is 8.68. The highest BCUT2D eigenvalue weighted by molar-refractivity contribution is 9.10. The summed E-state index contributed by atoms with van der Waals surface area (Å²) in [4.78, 5) is 1.18. The molecule has 1 atom stereocenters. The van der Waals surface area contributed by atoms with Crippen LogP contribution in [0.1, 0.15) is 25.1 Å². The molecular formula is C15H19BrClN3S. The molecule has 0 aliphatic carbocycles. The van der Waals surface area contributed by atoms with Gasteiger partial charge in [-0.3, -0.25) is 4.68 Å². The van der Waals surface area contributed by atoms with E-state index >= 15 is 0 Å². The van der Waals surface area contributed by atoms with Crippen molar-refractivity contribution in [3.8, 4) is 0 Å². The fraction of sp³-hybridized carbons (Fsp3) is 0.400. The van der Waals surface area contributed by atoms with Crippen LogP contribution in [0.15, 0.2) is 39.8 Å². The predicted molar refractivity (Wildman–Crippen MR) is 94.1 cm³/mol. The molecule has 114 valence electrons. The van der Waals surface area contributed by atoms with Gasteiger partial charge in [0, 0.05) is 22.7 Å². The summed E-state index contributed by atoms with van der Waals surface area (Å²) >= 11 is 11.4. The maximum atomic E-state index is 6.04. The van der Waals surface area contributed by atoms with Gasteiger partial charge in [-0.25, -0.2) is 0 Å². The summed E-state index contributed by atoms with van der Waals surface area (Å²) < 4.78 is 2.97. The second-order valence-corrected chi connectivity index (χ2v) is 7.16. The van der Waals surface area contributed by atoms with E-state index in [2.05, 4.69) is 39.3 Å². The minimum atomic E-state index is 0.246. The van der Waals surface area contributed by atoms with Crippen molar-refractivity contribution in [1.29, 1.82) is 0 Å². The quantitative estimate of drug-likeness (QED) is 0.699. The average Bonchev–Trinajstić information content (AvgIpc) is 2.79. The second kappa shape index (κ2) is 8.22. The van der Waals surface area contributed by atoms with Crippen LogP contribution >= 0.6 is 39.3 Å². The van der Waals surface area contributed by atoms with E-state index in [-0.39, 0.29) is 6.04 Å². The molecule has 0 aliphatic heterocycles. The highest BCUT2D eigenvalue weighted by Gasteiger charge is 2.18. The normalized spacial score (nSPS) is 12.6. The van der Waals surface area contributed by atoms with E-state index in [1.165, 1.54) is 10.6 Å². The summed E-state index contributed by atoms with van der Waals surface area (Å²) in [6.45, 7) is 3.16. The van der Waals surface area contributed by atoms with E-state index in [0.29, 0.717) is 0 Å². The van der Waals surface area contributed by atoms with Gasteiger partial charge in [-0.1, -0.05) is 24.6 Å². The maximum Gasteiger partial charge on any atom is 0.0700 e. The lowest BCUT2D eigenvalue weighted by Crippen LogP contribution is -2.26. The zero-order chi connectivity index (χ0) is 15.2. The first-order valence-corrected chi connectivity index (χ1v) is 9.06. The first-order valence-electron chi connectivity index (χ1n) is 6.91. The predicted octanol–water partition coefficient (Wildman–Crippen LogP) is 4.67. The molecule has 0 fully saturated rings. The van der Waals surface area contributed by atoms with Gasteiger partial charge in [-0.2, -0.15) is 5.10 Å². The Hall–Kier alpha value is -0.490. The van der Waals surface area contributed by atoms with Gasteiger partial charge in [0.05, 0.1) is 22.4 Å². The van der Waals surface area contributed by atoms with Crippen LogP contribution in [-0.4, -0.2) is 22.1 Å². The number of nitrogens with zero attached hydrogens (tertiary/aromatic N) is 2. The lowest BCUT2D eigenvalue weighted by molar-refractivity contribution is 0.533. The standard InChI is InChI=1S/C15H19BrClN3S/c1-3-7-18-14(15-13(16)9-19-20(15)2)10-21-12-6-4-5-11(17)8-12/h4-6,8-9,14,18H,3,7,10H2,1-2H3. The lowest BCUT2D eigenvalue weighted by atomic mass is 10.2. The number of rotatable bonds is 7. The Morgan fingerprint density at radius 1 is 1.48 bits per heavy atom. The van der Waals surface area contributed by atoms with E-state index in [0.717, 1.165) is 28.2 Å². The molecule has 0 bridgehead atoms. The molecule has 1 aromatic heterocycles. The van der Waals surface area contributed by atoms with Crippen LogP contribution in [0.2, 0.25) is 5.02 Å². The van der Waals surface area contributed by atoms with Gasteiger partial charge >= 0.3 is 0 Å². The van der Waals surface area contributed by atoms with Crippen LogP contribution < -0.4 is 5.32 Å². The lowest BCUT2D eigenvalue weighted by Gasteiger charge is -2.19. The molecule has 21 heavy (non-hydrogen) atoms. The number of aromatic nitrogens is 2. The van der Waals surface area contributed by atoms with Crippen molar-refractivity contribution in [2.75, 3.05) is 12.3 Å². The van der Waals surface area contributed by atoms with Crippen LogP contribution in [0, 0.1) is 0 Å². The third-order valence-electron chi connectivity index (χ3n) is 3.12. The molecule has 0 saturated heterocycles. The van der Waals surface area contributed by atoms with Crippen molar-refractivity contribution in [2.24, 2.45) is 7.05 Å². The average molecular weight is 389 g/mol. The number of thioether (sulfide) groups is 1. The van der Waals surface area contributed by atoms with Crippen molar-refractivity contribution in [1.82, 2.24) is 15.1 Å². The zero-order valence-electron chi connectivity index (χ0n) is 12.1. The third-order valence-corrected chi connectivity index (χ3v) is 5.05. The van der Waals surface area contributed by atoms with Crippen LogP contribution in [0.25, 0.3) is 0 Å². The molecule has 0 saturated carbocycles.